The molecule has 0 spiro atoms. The maximum absolute atomic E-state index is 6.29. The molecule has 0 bridgehead atoms. The first-order valence-electron chi connectivity index (χ1n) is 6.97. The van der Waals surface area contributed by atoms with Gasteiger partial charge < -0.3 is 10.3 Å². The molecule has 2 rings (SSSR count). The molecule has 102 valence electrons. The number of aromatic nitrogens is 2. The lowest BCUT2D eigenvalue weighted by molar-refractivity contribution is 0.454. The van der Waals surface area contributed by atoms with Crippen molar-refractivity contribution in [3.8, 4) is 0 Å². The van der Waals surface area contributed by atoms with Crippen molar-refractivity contribution in [1.29, 1.82) is 0 Å². The topological polar surface area (TPSA) is 43.8 Å². The van der Waals surface area contributed by atoms with E-state index in [4.69, 9.17) is 5.73 Å². The minimum atomic E-state index is 0.0280. The van der Waals surface area contributed by atoms with Crippen molar-refractivity contribution >= 4 is 0 Å². The predicted molar refractivity (Wildman–Crippen MR) is 78.9 cm³/mol. The smallest absolute Gasteiger partial charge is 0.0954 e. The highest BCUT2D eigenvalue weighted by Gasteiger charge is 2.20. The van der Waals surface area contributed by atoms with E-state index in [1.54, 1.807) is 0 Å². The van der Waals surface area contributed by atoms with Gasteiger partial charge in [0, 0.05) is 12.2 Å². The second-order valence-corrected chi connectivity index (χ2v) is 5.33. The van der Waals surface area contributed by atoms with Crippen LogP contribution in [0, 0.1) is 5.92 Å². The minimum Gasteiger partial charge on any atom is -0.326 e. The summed E-state index contributed by atoms with van der Waals surface area (Å²) in [7, 11) is 0. The van der Waals surface area contributed by atoms with Gasteiger partial charge >= 0.3 is 0 Å². The van der Waals surface area contributed by atoms with E-state index in [0.29, 0.717) is 12.0 Å². The zero-order valence-electron chi connectivity index (χ0n) is 12.0. The summed E-state index contributed by atoms with van der Waals surface area (Å²) in [6, 6.07) is 10.9. The lowest BCUT2D eigenvalue weighted by Crippen LogP contribution is -2.22. The first-order valence-corrected chi connectivity index (χ1v) is 6.97. The van der Waals surface area contributed by atoms with Crippen molar-refractivity contribution in [2.45, 2.75) is 39.3 Å². The summed E-state index contributed by atoms with van der Waals surface area (Å²) in [6.45, 7) is 6.49. The van der Waals surface area contributed by atoms with Gasteiger partial charge in [0.15, 0.2) is 0 Å². The molecule has 0 aliphatic heterocycles. The first-order chi connectivity index (χ1) is 9.15. The van der Waals surface area contributed by atoms with Crippen LogP contribution in [-0.2, 0) is 0 Å². The van der Waals surface area contributed by atoms with Gasteiger partial charge in [0.25, 0.3) is 0 Å². The van der Waals surface area contributed by atoms with Crippen LogP contribution in [0.3, 0.4) is 0 Å². The standard InChI is InChI=1S/C16H23N3/c1-4-14(13-8-6-5-7-9-13)19-11-18-10-15(19)16(17)12(2)3/h5-12,14,16H,4,17H2,1-3H3. The normalized spacial score (nSPS) is 14.6. The molecule has 0 fully saturated rings. The van der Waals surface area contributed by atoms with Crippen LogP contribution in [0.2, 0.25) is 0 Å². The van der Waals surface area contributed by atoms with Gasteiger partial charge in [-0.3, -0.25) is 0 Å². The zero-order chi connectivity index (χ0) is 13.8. The number of rotatable bonds is 5. The molecule has 0 saturated carbocycles. The van der Waals surface area contributed by atoms with Crippen LogP contribution in [0.5, 0.6) is 0 Å². The third-order valence-electron chi connectivity index (χ3n) is 3.66. The van der Waals surface area contributed by atoms with Gasteiger partial charge in [0.05, 0.1) is 18.1 Å². The van der Waals surface area contributed by atoms with Gasteiger partial charge in [-0.1, -0.05) is 51.1 Å². The molecule has 0 radical (unpaired) electrons. The van der Waals surface area contributed by atoms with E-state index in [1.165, 1.54) is 5.56 Å². The summed E-state index contributed by atoms with van der Waals surface area (Å²) < 4.78 is 2.22. The summed E-state index contributed by atoms with van der Waals surface area (Å²) in [5.41, 5.74) is 8.71. The third-order valence-corrected chi connectivity index (χ3v) is 3.66. The number of imidazole rings is 1. The molecule has 0 amide bonds. The van der Waals surface area contributed by atoms with E-state index in [0.717, 1.165) is 12.1 Å². The summed E-state index contributed by atoms with van der Waals surface area (Å²) in [4.78, 5) is 4.30. The van der Waals surface area contributed by atoms with Crippen LogP contribution in [0.4, 0.5) is 0 Å². The van der Waals surface area contributed by atoms with E-state index in [2.05, 4.69) is 54.6 Å². The summed E-state index contributed by atoms with van der Waals surface area (Å²) in [6.07, 6.45) is 4.83. The van der Waals surface area contributed by atoms with Crippen LogP contribution in [-0.4, -0.2) is 9.55 Å². The Bertz CT molecular complexity index is 502. The van der Waals surface area contributed by atoms with E-state index in [1.807, 2.05) is 18.6 Å². The number of hydrogen-bond acceptors (Lipinski definition) is 2. The SMILES string of the molecule is CCC(c1ccccc1)n1cncc1C(N)C(C)C. The molecule has 2 atom stereocenters. The molecule has 2 aromatic rings. The number of nitrogens with zero attached hydrogens (tertiary/aromatic N) is 2. The number of nitrogens with two attached hydrogens (primary N) is 1. The molecule has 0 aliphatic rings. The molecule has 3 nitrogen and oxygen atoms in total. The van der Waals surface area contributed by atoms with Crippen molar-refractivity contribution in [3.63, 3.8) is 0 Å². The summed E-state index contributed by atoms with van der Waals surface area (Å²) >= 11 is 0. The fourth-order valence-electron chi connectivity index (χ4n) is 2.44. The van der Waals surface area contributed by atoms with Crippen LogP contribution >= 0.6 is 0 Å². The minimum absolute atomic E-state index is 0.0280. The molecule has 19 heavy (non-hydrogen) atoms. The molecule has 2 N–H and O–H groups in total. The fraction of sp³-hybridized carbons (Fsp3) is 0.438. The Morgan fingerprint density at radius 2 is 1.89 bits per heavy atom. The molecule has 0 saturated heterocycles. The monoisotopic (exact) mass is 257 g/mol. The Labute approximate surface area is 115 Å². The van der Waals surface area contributed by atoms with Gasteiger partial charge in [-0.05, 0) is 17.9 Å². The van der Waals surface area contributed by atoms with Gasteiger partial charge in [-0.25, -0.2) is 4.98 Å². The van der Waals surface area contributed by atoms with Crippen molar-refractivity contribution < 1.29 is 0 Å². The van der Waals surface area contributed by atoms with Crippen LogP contribution in [0.25, 0.3) is 0 Å². The Hall–Kier alpha value is -1.61. The maximum Gasteiger partial charge on any atom is 0.0954 e. The summed E-state index contributed by atoms with van der Waals surface area (Å²) in [5, 5.41) is 0. The zero-order valence-corrected chi connectivity index (χ0v) is 12.0. The molecule has 3 heteroatoms. The van der Waals surface area contributed by atoms with E-state index >= 15 is 0 Å². The largest absolute Gasteiger partial charge is 0.326 e. The average Bonchev–Trinajstić information content (AvgIpc) is 2.89. The van der Waals surface area contributed by atoms with E-state index < -0.39 is 0 Å². The highest BCUT2D eigenvalue weighted by Crippen LogP contribution is 2.27. The molecular weight excluding hydrogens is 234 g/mol. The second kappa shape index (κ2) is 6.02. The quantitative estimate of drug-likeness (QED) is 0.890. The van der Waals surface area contributed by atoms with Gasteiger partial charge in [0.2, 0.25) is 0 Å². The Kier molecular flexibility index (Phi) is 4.38. The molecule has 2 unspecified atom stereocenters. The maximum atomic E-state index is 6.29. The lowest BCUT2D eigenvalue weighted by Gasteiger charge is -2.24. The van der Waals surface area contributed by atoms with Crippen molar-refractivity contribution in [1.82, 2.24) is 9.55 Å². The average molecular weight is 257 g/mol. The predicted octanol–water partition coefficient (Wildman–Crippen LogP) is 3.54. The molecule has 1 aromatic heterocycles. The molecular formula is C16H23N3. The van der Waals surface area contributed by atoms with Gasteiger partial charge in [0.1, 0.15) is 0 Å². The first kappa shape index (κ1) is 13.8. The molecule has 1 heterocycles. The van der Waals surface area contributed by atoms with Gasteiger partial charge in [-0.15, -0.1) is 0 Å². The molecule has 1 aromatic carbocycles. The van der Waals surface area contributed by atoms with Crippen molar-refractivity contribution in [3.05, 3.63) is 54.1 Å². The van der Waals surface area contributed by atoms with Crippen LogP contribution in [0.1, 0.15) is 50.5 Å². The number of benzene rings is 1. The Morgan fingerprint density at radius 1 is 1.21 bits per heavy atom. The highest BCUT2D eigenvalue weighted by molar-refractivity contribution is 5.22. The van der Waals surface area contributed by atoms with Crippen molar-refractivity contribution in [2.24, 2.45) is 11.7 Å². The second-order valence-electron chi connectivity index (χ2n) is 5.33. The summed E-state index contributed by atoms with van der Waals surface area (Å²) in [5.74, 6) is 0.406. The third kappa shape index (κ3) is 2.87. The fourth-order valence-corrected chi connectivity index (χ4v) is 2.44. The molecule has 0 aliphatic carbocycles. The number of hydrogen-bond donors (Lipinski definition) is 1. The van der Waals surface area contributed by atoms with Crippen LogP contribution < -0.4 is 5.73 Å². The lowest BCUT2D eigenvalue weighted by atomic mass is 10.00. The van der Waals surface area contributed by atoms with Gasteiger partial charge in [-0.2, -0.15) is 0 Å². The van der Waals surface area contributed by atoms with Crippen molar-refractivity contribution in [2.75, 3.05) is 0 Å². The van der Waals surface area contributed by atoms with Crippen LogP contribution in [0.15, 0.2) is 42.9 Å². The van der Waals surface area contributed by atoms with E-state index in [-0.39, 0.29) is 6.04 Å². The highest BCUT2D eigenvalue weighted by atomic mass is 15.1. The Balaban J connectivity index is 2.38. The Morgan fingerprint density at radius 3 is 2.47 bits per heavy atom. The van der Waals surface area contributed by atoms with E-state index in [9.17, 15) is 0 Å².